The molecule has 1 unspecified atom stereocenters. The van der Waals surface area contributed by atoms with Gasteiger partial charge in [0, 0.05) is 11.1 Å². The van der Waals surface area contributed by atoms with Crippen molar-refractivity contribution >= 4 is 19.1 Å². The van der Waals surface area contributed by atoms with Crippen LogP contribution < -0.4 is 0 Å². The molecule has 1 aliphatic carbocycles. The van der Waals surface area contributed by atoms with Crippen LogP contribution in [0.3, 0.4) is 0 Å². The predicted octanol–water partition coefficient (Wildman–Crippen LogP) is 6.39. The van der Waals surface area contributed by atoms with Gasteiger partial charge in [-0.15, -0.1) is 0 Å². The first-order valence-electron chi connectivity index (χ1n) is 9.89. The summed E-state index contributed by atoms with van der Waals surface area (Å²) in [5, 5.41) is -1.08. The van der Waals surface area contributed by atoms with E-state index in [0.29, 0.717) is 24.0 Å². The van der Waals surface area contributed by atoms with E-state index >= 15 is 0 Å². The number of hydrogen-bond donors (Lipinski definition) is 0. The van der Waals surface area contributed by atoms with Crippen molar-refractivity contribution in [1.29, 1.82) is 0 Å². The van der Waals surface area contributed by atoms with Gasteiger partial charge in [-0.2, -0.15) is 0 Å². The van der Waals surface area contributed by atoms with Crippen molar-refractivity contribution in [3.05, 3.63) is 69.3 Å². The van der Waals surface area contributed by atoms with Crippen LogP contribution in [-0.2, 0) is 4.57 Å². The van der Waals surface area contributed by atoms with Gasteiger partial charge in [0.1, 0.15) is 5.16 Å². The highest BCUT2D eigenvalue weighted by Gasteiger charge is 2.50. The first-order chi connectivity index (χ1) is 13.2. The molecule has 147 valence electrons. The maximum atomic E-state index is 13.7. The molecule has 0 spiro atoms. The Morgan fingerprint density at radius 3 is 1.82 bits per heavy atom. The third-order valence-electron chi connectivity index (χ3n) is 6.03. The molecular weight excluding hydrogens is 367 g/mol. The lowest BCUT2D eigenvalue weighted by Gasteiger charge is -2.27. The minimum absolute atomic E-state index is 0.110. The first-order valence-corrected chi connectivity index (χ1v) is 11.2. The fraction of sp³-hybridized carbons (Fsp3) is 0.417. The molecule has 1 fully saturated rings. The Hall–Kier alpha value is -2.12. The summed E-state index contributed by atoms with van der Waals surface area (Å²) in [6.07, 6.45) is 2.70. The van der Waals surface area contributed by atoms with Crippen LogP contribution in [0.15, 0.2) is 30.3 Å². The van der Waals surface area contributed by atoms with E-state index < -0.39 is 13.0 Å². The van der Waals surface area contributed by atoms with Crippen LogP contribution in [0.25, 0.3) is 0 Å². The monoisotopic (exact) mass is 395 g/mol. The van der Waals surface area contributed by atoms with Crippen LogP contribution in [0.2, 0.25) is 0 Å². The van der Waals surface area contributed by atoms with Crippen LogP contribution in [0, 0.1) is 34.6 Å². The molecule has 0 N–H and O–H groups in total. The molecule has 1 radical (unpaired) electrons. The zero-order valence-corrected chi connectivity index (χ0v) is 18.3. The van der Waals surface area contributed by atoms with Crippen molar-refractivity contribution in [3.8, 4) is 0 Å². The number of carbonyl (C=O) groups is 2. The molecule has 0 aliphatic heterocycles. The second-order valence-corrected chi connectivity index (χ2v) is 10.1. The smallest absolute Gasteiger partial charge is 0.243 e. The average molecular weight is 395 g/mol. The molecule has 1 atom stereocenters. The van der Waals surface area contributed by atoms with Crippen molar-refractivity contribution in [3.63, 3.8) is 0 Å². The molecule has 2 aromatic carbocycles. The minimum Gasteiger partial charge on any atom is -0.293 e. The van der Waals surface area contributed by atoms with E-state index in [2.05, 4.69) is 0 Å². The second-order valence-electron chi connectivity index (χ2n) is 8.21. The first kappa shape index (κ1) is 20.6. The van der Waals surface area contributed by atoms with Gasteiger partial charge in [0.2, 0.25) is 5.52 Å². The van der Waals surface area contributed by atoms with Crippen molar-refractivity contribution in [2.24, 2.45) is 0 Å². The molecule has 3 rings (SSSR count). The van der Waals surface area contributed by atoms with Crippen molar-refractivity contribution in [2.45, 2.75) is 65.5 Å². The van der Waals surface area contributed by atoms with Crippen molar-refractivity contribution < 1.29 is 14.2 Å². The van der Waals surface area contributed by atoms with Gasteiger partial charge in [-0.3, -0.25) is 14.2 Å². The predicted molar refractivity (Wildman–Crippen MR) is 114 cm³/mol. The van der Waals surface area contributed by atoms with Gasteiger partial charge in [0.15, 0.2) is 13.6 Å². The van der Waals surface area contributed by atoms with Crippen molar-refractivity contribution in [1.82, 2.24) is 0 Å². The molecule has 0 bridgehead atoms. The highest BCUT2D eigenvalue weighted by molar-refractivity contribution is 7.67. The number of benzene rings is 2. The van der Waals surface area contributed by atoms with Gasteiger partial charge >= 0.3 is 0 Å². The number of rotatable bonds is 5. The quantitative estimate of drug-likeness (QED) is 0.435. The molecule has 0 amide bonds. The third-order valence-corrected chi connectivity index (χ3v) is 8.05. The SMILES string of the molecule is Cc1cc(C)c(C(=O)C2([P](=O)C(=O)c3c(C)cccc3C)CCCC2)c(C)c1. The van der Waals surface area contributed by atoms with Crippen LogP contribution in [0.4, 0.5) is 0 Å². The van der Waals surface area contributed by atoms with E-state index in [1.54, 1.807) is 0 Å². The highest BCUT2D eigenvalue weighted by Crippen LogP contribution is 2.54. The summed E-state index contributed by atoms with van der Waals surface area (Å²) in [7, 11) is -2.37. The number of ketones is 1. The largest absolute Gasteiger partial charge is 0.293 e. The Kier molecular flexibility index (Phi) is 5.68. The van der Waals surface area contributed by atoms with E-state index in [9.17, 15) is 14.2 Å². The zero-order valence-electron chi connectivity index (χ0n) is 17.4. The summed E-state index contributed by atoms with van der Waals surface area (Å²) in [6.45, 7) is 9.58. The Morgan fingerprint density at radius 2 is 1.32 bits per heavy atom. The molecule has 4 heteroatoms. The van der Waals surface area contributed by atoms with Gasteiger partial charge in [-0.25, -0.2) is 0 Å². The van der Waals surface area contributed by atoms with E-state index in [-0.39, 0.29) is 11.3 Å². The van der Waals surface area contributed by atoms with Gasteiger partial charge < -0.3 is 0 Å². The summed E-state index contributed by atoms with van der Waals surface area (Å²) >= 11 is 0. The lowest BCUT2D eigenvalue weighted by atomic mass is 9.88. The molecule has 28 heavy (non-hydrogen) atoms. The van der Waals surface area contributed by atoms with Crippen LogP contribution in [-0.4, -0.2) is 16.5 Å². The molecule has 1 saturated carbocycles. The molecule has 1 aliphatic rings. The van der Waals surface area contributed by atoms with Crippen LogP contribution >= 0.6 is 7.80 Å². The summed E-state index contributed by atoms with van der Waals surface area (Å²) in [4.78, 5) is 27.0. The van der Waals surface area contributed by atoms with Gasteiger partial charge in [-0.05, 0) is 69.7 Å². The molecular formula is C24H28O3P. The highest BCUT2D eigenvalue weighted by atomic mass is 31.1. The summed E-state index contributed by atoms with van der Waals surface area (Å²) in [5.41, 5.74) is 5.32. The maximum Gasteiger partial charge on any atom is 0.243 e. The van der Waals surface area contributed by atoms with E-state index in [1.165, 1.54) is 0 Å². The molecule has 2 aromatic rings. The Morgan fingerprint density at radius 1 is 0.821 bits per heavy atom. The van der Waals surface area contributed by atoms with Crippen molar-refractivity contribution in [2.75, 3.05) is 0 Å². The van der Waals surface area contributed by atoms with Crippen LogP contribution in [0.1, 0.15) is 74.2 Å². The fourth-order valence-electron chi connectivity index (χ4n) is 4.70. The van der Waals surface area contributed by atoms with E-state index in [0.717, 1.165) is 40.7 Å². The lowest BCUT2D eigenvalue weighted by molar-refractivity contribution is 0.0930. The Labute approximate surface area is 168 Å². The maximum absolute atomic E-state index is 13.7. The lowest BCUT2D eigenvalue weighted by Crippen LogP contribution is -2.35. The third kappa shape index (κ3) is 3.37. The second kappa shape index (κ2) is 7.72. The number of hydrogen-bond acceptors (Lipinski definition) is 3. The summed E-state index contributed by atoms with van der Waals surface area (Å²) in [5.74, 6) is -0.110. The Bertz CT molecular complexity index is 938. The molecule has 0 aromatic heterocycles. The van der Waals surface area contributed by atoms with Gasteiger partial charge in [0.25, 0.3) is 0 Å². The van der Waals surface area contributed by atoms with Gasteiger partial charge in [-0.1, -0.05) is 48.7 Å². The van der Waals surface area contributed by atoms with E-state index in [1.807, 2.05) is 65.0 Å². The number of aryl methyl sites for hydroxylation is 5. The Balaban J connectivity index is 2.09. The average Bonchev–Trinajstić information content (AvgIpc) is 3.10. The molecule has 0 saturated heterocycles. The molecule has 3 nitrogen and oxygen atoms in total. The van der Waals surface area contributed by atoms with E-state index in [4.69, 9.17) is 0 Å². The normalized spacial score (nSPS) is 16.1. The van der Waals surface area contributed by atoms with Crippen LogP contribution in [0.5, 0.6) is 0 Å². The molecule has 0 heterocycles. The fourth-order valence-corrected chi connectivity index (χ4v) is 6.66. The zero-order chi connectivity index (χ0) is 20.6. The minimum atomic E-state index is -2.37. The van der Waals surface area contributed by atoms with Gasteiger partial charge in [0.05, 0.1) is 0 Å². The summed E-state index contributed by atoms with van der Waals surface area (Å²) in [6, 6.07) is 9.60. The standard InChI is InChI=1S/C24H28O3P/c1-15-13-18(4)20(19(5)14-15)22(25)24(11-6-7-12-24)28(27)23(26)21-16(2)9-8-10-17(21)3/h8-10,13-14H,6-7,11-12H2,1-5H3. The summed E-state index contributed by atoms with van der Waals surface area (Å²) < 4.78 is 13.7. The number of Topliss-reactive ketones (excluding diaryl/α,β-unsaturated/α-hetero) is 1. The number of carbonyl (C=O) groups excluding carboxylic acids is 2. The topological polar surface area (TPSA) is 51.2 Å².